The number of benzene rings is 1. The molecule has 0 atom stereocenters. The van der Waals surface area contributed by atoms with Crippen molar-refractivity contribution in [3.8, 4) is 16.9 Å². The fourth-order valence-electron chi connectivity index (χ4n) is 1.52. The SMILES string of the molecule is CC(C)Sc1ccc(-c2ccc(O)cc2)cn1. The Kier molecular flexibility index (Phi) is 3.69. The molecule has 1 N–H and O–H groups in total. The summed E-state index contributed by atoms with van der Waals surface area (Å²) in [6.07, 6.45) is 1.87. The van der Waals surface area contributed by atoms with Crippen molar-refractivity contribution in [1.29, 1.82) is 0 Å². The number of rotatable bonds is 3. The zero-order chi connectivity index (χ0) is 12.3. The van der Waals surface area contributed by atoms with E-state index >= 15 is 0 Å². The molecular weight excluding hydrogens is 230 g/mol. The van der Waals surface area contributed by atoms with E-state index in [1.807, 2.05) is 24.4 Å². The minimum atomic E-state index is 0.286. The van der Waals surface area contributed by atoms with Crippen molar-refractivity contribution in [1.82, 2.24) is 4.98 Å². The number of pyridine rings is 1. The van der Waals surface area contributed by atoms with Crippen LogP contribution in [0.3, 0.4) is 0 Å². The van der Waals surface area contributed by atoms with Crippen LogP contribution in [0.5, 0.6) is 5.75 Å². The number of aromatic nitrogens is 1. The van der Waals surface area contributed by atoms with Gasteiger partial charge < -0.3 is 5.11 Å². The number of hydrogen-bond acceptors (Lipinski definition) is 3. The van der Waals surface area contributed by atoms with Crippen molar-refractivity contribution in [2.24, 2.45) is 0 Å². The molecule has 0 aliphatic carbocycles. The Balaban J connectivity index is 2.20. The van der Waals surface area contributed by atoms with E-state index in [2.05, 4.69) is 24.9 Å². The molecule has 1 aromatic carbocycles. The van der Waals surface area contributed by atoms with Crippen molar-refractivity contribution < 1.29 is 5.11 Å². The average Bonchev–Trinajstić information content (AvgIpc) is 2.30. The first-order chi connectivity index (χ1) is 8.15. The minimum Gasteiger partial charge on any atom is -0.508 e. The highest BCUT2D eigenvalue weighted by Gasteiger charge is 2.01. The maximum atomic E-state index is 9.23. The molecule has 3 heteroatoms. The molecule has 88 valence electrons. The van der Waals surface area contributed by atoms with Gasteiger partial charge in [0.15, 0.2) is 0 Å². The molecule has 0 radical (unpaired) electrons. The van der Waals surface area contributed by atoms with Gasteiger partial charge in [0.1, 0.15) is 5.75 Å². The van der Waals surface area contributed by atoms with Gasteiger partial charge in [-0.2, -0.15) is 0 Å². The number of phenolic OH excluding ortho intramolecular Hbond substituents is 1. The Morgan fingerprint density at radius 3 is 2.18 bits per heavy atom. The summed E-state index contributed by atoms with van der Waals surface area (Å²) in [6, 6.07) is 11.2. The van der Waals surface area contributed by atoms with E-state index in [1.54, 1.807) is 23.9 Å². The van der Waals surface area contributed by atoms with E-state index in [0.717, 1.165) is 16.2 Å². The van der Waals surface area contributed by atoms with Gasteiger partial charge >= 0.3 is 0 Å². The Bertz CT molecular complexity index is 477. The summed E-state index contributed by atoms with van der Waals surface area (Å²) in [7, 11) is 0. The molecular formula is C14H15NOS. The molecule has 0 saturated carbocycles. The van der Waals surface area contributed by atoms with Crippen LogP contribution < -0.4 is 0 Å². The van der Waals surface area contributed by atoms with Crippen LogP contribution in [0.15, 0.2) is 47.6 Å². The van der Waals surface area contributed by atoms with Crippen LogP contribution in [-0.4, -0.2) is 15.3 Å². The third-order valence-electron chi connectivity index (χ3n) is 2.29. The van der Waals surface area contributed by atoms with Crippen LogP contribution in [0.4, 0.5) is 0 Å². The van der Waals surface area contributed by atoms with E-state index < -0.39 is 0 Å². The highest BCUT2D eigenvalue weighted by Crippen LogP contribution is 2.25. The van der Waals surface area contributed by atoms with E-state index in [9.17, 15) is 5.11 Å². The molecule has 0 amide bonds. The molecule has 0 aliphatic rings. The van der Waals surface area contributed by atoms with Gasteiger partial charge in [-0.05, 0) is 23.8 Å². The molecule has 1 aromatic heterocycles. The summed E-state index contributed by atoms with van der Waals surface area (Å²) in [6.45, 7) is 4.31. The first-order valence-electron chi connectivity index (χ1n) is 5.57. The fourth-order valence-corrected chi connectivity index (χ4v) is 2.26. The van der Waals surface area contributed by atoms with Gasteiger partial charge in [0.05, 0.1) is 5.03 Å². The third kappa shape index (κ3) is 3.24. The van der Waals surface area contributed by atoms with Crippen molar-refractivity contribution in [2.45, 2.75) is 24.1 Å². The minimum absolute atomic E-state index is 0.286. The predicted molar refractivity (Wildman–Crippen MR) is 72.3 cm³/mol. The van der Waals surface area contributed by atoms with Crippen molar-refractivity contribution >= 4 is 11.8 Å². The topological polar surface area (TPSA) is 33.1 Å². The van der Waals surface area contributed by atoms with E-state index in [1.165, 1.54) is 0 Å². The van der Waals surface area contributed by atoms with Gasteiger partial charge in [0, 0.05) is 17.0 Å². The second-order valence-electron chi connectivity index (χ2n) is 4.10. The van der Waals surface area contributed by atoms with E-state index in [4.69, 9.17) is 0 Å². The van der Waals surface area contributed by atoms with Crippen LogP contribution in [0.1, 0.15) is 13.8 Å². The maximum absolute atomic E-state index is 9.23. The number of nitrogens with zero attached hydrogens (tertiary/aromatic N) is 1. The number of hydrogen-bond donors (Lipinski definition) is 1. The average molecular weight is 245 g/mol. The monoisotopic (exact) mass is 245 g/mol. The van der Waals surface area contributed by atoms with Gasteiger partial charge in [0.25, 0.3) is 0 Å². The molecule has 0 spiro atoms. The highest BCUT2D eigenvalue weighted by atomic mass is 32.2. The molecule has 0 aliphatic heterocycles. The van der Waals surface area contributed by atoms with Gasteiger partial charge in [-0.15, -0.1) is 11.8 Å². The summed E-state index contributed by atoms with van der Waals surface area (Å²) < 4.78 is 0. The largest absolute Gasteiger partial charge is 0.508 e. The Morgan fingerprint density at radius 1 is 1.00 bits per heavy atom. The molecule has 2 rings (SSSR count). The molecule has 0 unspecified atom stereocenters. The van der Waals surface area contributed by atoms with Crippen LogP contribution in [0.2, 0.25) is 0 Å². The van der Waals surface area contributed by atoms with E-state index in [0.29, 0.717) is 5.25 Å². The molecule has 0 bridgehead atoms. The zero-order valence-corrected chi connectivity index (χ0v) is 10.7. The maximum Gasteiger partial charge on any atom is 0.115 e. The lowest BCUT2D eigenvalue weighted by Crippen LogP contribution is -1.88. The number of phenols is 1. The van der Waals surface area contributed by atoms with Crippen LogP contribution in [0.25, 0.3) is 11.1 Å². The van der Waals surface area contributed by atoms with Crippen LogP contribution in [-0.2, 0) is 0 Å². The number of thioether (sulfide) groups is 1. The summed E-state index contributed by atoms with van der Waals surface area (Å²) in [4.78, 5) is 4.42. The van der Waals surface area contributed by atoms with Crippen molar-refractivity contribution in [3.63, 3.8) is 0 Å². The first-order valence-corrected chi connectivity index (χ1v) is 6.45. The standard InChI is InChI=1S/C14H15NOS/c1-10(2)17-14-8-5-12(9-15-14)11-3-6-13(16)7-4-11/h3-10,16H,1-2H3. The van der Waals surface area contributed by atoms with Gasteiger partial charge in [-0.25, -0.2) is 4.98 Å². The second-order valence-corrected chi connectivity index (χ2v) is 5.70. The smallest absolute Gasteiger partial charge is 0.115 e. The molecule has 1 heterocycles. The lowest BCUT2D eigenvalue weighted by Gasteiger charge is -2.05. The lowest BCUT2D eigenvalue weighted by atomic mass is 10.1. The zero-order valence-electron chi connectivity index (χ0n) is 9.92. The quantitative estimate of drug-likeness (QED) is 0.831. The Hall–Kier alpha value is -1.48. The molecule has 0 fully saturated rings. The molecule has 17 heavy (non-hydrogen) atoms. The summed E-state index contributed by atoms with van der Waals surface area (Å²) in [5.74, 6) is 0.286. The Labute approximate surface area is 106 Å². The highest BCUT2D eigenvalue weighted by molar-refractivity contribution is 7.99. The van der Waals surface area contributed by atoms with Gasteiger partial charge in [-0.3, -0.25) is 0 Å². The molecule has 2 aromatic rings. The normalized spacial score (nSPS) is 10.8. The van der Waals surface area contributed by atoms with Crippen LogP contribution >= 0.6 is 11.8 Å². The lowest BCUT2D eigenvalue weighted by molar-refractivity contribution is 0.475. The second kappa shape index (κ2) is 5.23. The molecule has 2 nitrogen and oxygen atoms in total. The fraction of sp³-hybridized carbons (Fsp3) is 0.214. The van der Waals surface area contributed by atoms with Crippen molar-refractivity contribution in [3.05, 3.63) is 42.6 Å². The summed E-state index contributed by atoms with van der Waals surface area (Å²) >= 11 is 1.75. The third-order valence-corrected chi connectivity index (χ3v) is 3.25. The van der Waals surface area contributed by atoms with Crippen LogP contribution in [0, 0.1) is 0 Å². The first kappa shape index (κ1) is 12.0. The summed E-state index contributed by atoms with van der Waals surface area (Å²) in [5.41, 5.74) is 2.13. The van der Waals surface area contributed by atoms with Gasteiger partial charge in [-0.1, -0.05) is 32.0 Å². The number of aromatic hydroxyl groups is 1. The van der Waals surface area contributed by atoms with E-state index in [-0.39, 0.29) is 5.75 Å². The summed E-state index contributed by atoms with van der Waals surface area (Å²) in [5, 5.41) is 10.8. The Morgan fingerprint density at radius 2 is 1.65 bits per heavy atom. The van der Waals surface area contributed by atoms with Crippen molar-refractivity contribution in [2.75, 3.05) is 0 Å². The molecule has 0 saturated heterocycles. The predicted octanol–water partition coefficient (Wildman–Crippen LogP) is 3.95. The van der Waals surface area contributed by atoms with Gasteiger partial charge in [0.2, 0.25) is 0 Å².